The van der Waals surface area contributed by atoms with Crippen molar-refractivity contribution in [2.45, 2.75) is 52.4 Å². The van der Waals surface area contributed by atoms with Crippen LogP contribution in [0.15, 0.2) is 170 Å². The molecule has 6 aromatic carbocycles. The molecule has 0 fully saturated rings. The number of aromatic nitrogens is 2. The number of benzene rings is 6. The van der Waals surface area contributed by atoms with E-state index in [9.17, 15) is 5.11 Å². The first-order valence-electron chi connectivity index (χ1n) is 19.3. The quantitative estimate of drug-likeness (QED) is 0.177. The predicted molar refractivity (Wildman–Crippen MR) is 235 cm³/mol. The minimum atomic E-state index is -0.0537. The van der Waals surface area contributed by atoms with Crippen LogP contribution in [0.4, 0.5) is 17.2 Å². The van der Waals surface area contributed by atoms with Crippen molar-refractivity contribution in [2.24, 2.45) is 0 Å². The summed E-state index contributed by atoms with van der Waals surface area (Å²) in [6, 6.07) is 56.9. The topological polar surface area (TPSA) is 49.2 Å². The van der Waals surface area contributed by atoms with E-state index in [0.29, 0.717) is 11.3 Å². The van der Waals surface area contributed by atoms with Crippen molar-refractivity contribution in [3.63, 3.8) is 0 Å². The Bertz CT molecular complexity index is 2630. The predicted octanol–water partition coefficient (Wildman–Crippen LogP) is 14.1. The third-order valence-corrected chi connectivity index (χ3v) is 10.5. The van der Waals surface area contributed by atoms with E-state index in [4.69, 9.17) is 9.97 Å². The van der Waals surface area contributed by atoms with Crippen molar-refractivity contribution >= 4 is 28.0 Å². The van der Waals surface area contributed by atoms with Crippen LogP contribution in [0.3, 0.4) is 0 Å². The summed E-state index contributed by atoms with van der Waals surface area (Å²) in [5.74, 6) is 1.00. The first kappa shape index (κ1) is 36.5. The lowest BCUT2D eigenvalue weighted by atomic mass is 9.79. The second-order valence-electron chi connectivity index (χ2n) is 16.6. The van der Waals surface area contributed by atoms with Gasteiger partial charge in [-0.2, -0.15) is 0 Å². The first-order chi connectivity index (χ1) is 26.9. The summed E-state index contributed by atoms with van der Waals surface area (Å²) in [7, 11) is 0. The first-order valence-corrected chi connectivity index (χ1v) is 19.3. The summed E-state index contributed by atoms with van der Waals surface area (Å²) in [5, 5.41) is 13.5. The van der Waals surface area contributed by atoms with Gasteiger partial charge in [-0.1, -0.05) is 145 Å². The molecule has 0 aliphatic heterocycles. The van der Waals surface area contributed by atoms with Gasteiger partial charge in [-0.3, -0.25) is 4.90 Å². The second-order valence-corrected chi connectivity index (χ2v) is 16.6. The van der Waals surface area contributed by atoms with Gasteiger partial charge in [0.25, 0.3) is 0 Å². The van der Waals surface area contributed by atoms with Crippen LogP contribution in [0.2, 0.25) is 0 Å². The SMILES string of the molecule is CC(C)(C)c1cc(-c2cc(-c3cc(-c4ccccc4)cc(N(c4ccccn4)c4cccc5ccccc45)c3)nc(-c3ccccc3O)c2)cc(C(C)(C)C)c1. The smallest absolute Gasteiger partial charge is 0.137 e. The molecule has 0 radical (unpaired) electrons. The average Bonchev–Trinajstić information content (AvgIpc) is 3.21. The maximum atomic E-state index is 11.2. The van der Waals surface area contributed by atoms with Crippen LogP contribution in [-0.2, 0) is 10.8 Å². The minimum Gasteiger partial charge on any atom is -0.507 e. The molecule has 0 amide bonds. The molecular formula is C52H47N3O. The van der Waals surface area contributed by atoms with Crippen molar-refractivity contribution in [3.05, 3.63) is 181 Å². The molecule has 1 N–H and O–H groups in total. The largest absolute Gasteiger partial charge is 0.507 e. The highest BCUT2D eigenvalue weighted by atomic mass is 16.3. The Morgan fingerprint density at radius 1 is 0.482 bits per heavy atom. The van der Waals surface area contributed by atoms with E-state index in [2.05, 4.69) is 168 Å². The van der Waals surface area contributed by atoms with E-state index in [1.54, 1.807) is 6.07 Å². The third-order valence-electron chi connectivity index (χ3n) is 10.5. The molecule has 56 heavy (non-hydrogen) atoms. The maximum absolute atomic E-state index is 11.2. The van der Waals surface area contributed by atoms with Gasteiger partial charge >= 0.3 is 0 Å². The molecule has 8 rings (SSSR count). The Hall–Kier alpha value is -6.52. The van der Waals surface area contributed by atoms with Gasteiger partial charge in [-0.25, -0.2) is 9.97 Å². The van der Waals surface area contributed by atoms with E-state index < -0.39 is 0 Å². The van der Waals surface area contributed by atoms with E-state index in [0.717, 1.165) is 61.5 Å². The fourth-order valence-electron chi connectivity index (χ4n) is 7.30. The van der Waals surface area contributed by atoms with Gasteiger partial charge in [0.15, 0.2) is 0 Å². The zero-order valence-corrected chi connectivity index (χ0v) is 33.0. The van der Waals surface area contributed by atoms with Crippen LogP contribution < -0.4 is 4.90 Å². The fraction of sp³-hybridized carbons (Fsp3) is 0.154. The number of para-hydroxylation sites is 1. The number of phenols is 1. The highest BCUT2D eigenvalue weighted by molar-refractivity contribution is 5.99. The molecule has 4 heteroatoms. The Morgan fingerprint density at radius 2 is 1.09 bits per heavy atom. The lowest BCUT2D eigenvalue weighted by molar-refractivity contribution is 0.477. The van der Waals surface area contributed by atoms with Gasteiger partial charge in [0, 0.05) is 28.4 Å². The number of hydrogen-bond acceptors (Lipinski definition) is 4. The van der Waals surface area contributed by atoms with Crippen molar-refractivity contribution < 1.29 is 5.11 Å². The monoisotopic (exact) mass is 729 g/mol. The second kappa shape index (κ2) is 14.6. The van der Waals surface area contributed by atoms with Gasteiger partial charge in [0.2, 0.25) is 0 Å². The number of phenolic OH excluding ortho intramolecular Hbond substituents is 1. The minimum absolute atomic E-state index is 0.0537. The lowest BCUT2D eigenvalue weighted by Crippen LogP contribution is -2.16. The molecule has 0 unspecified atom stereocenters. The molecule has 0 spiro atoms. The Morgan fingerprint density at radius 3 is 1.80 bits per heavy atom. The van der Waals surface area contributed by atoms with Crippen LogP contribution >= 0.6 is 0 Å². The Kier molecular flexibility index (Phi) is 9.51. The summed E-state index contributed by atoms with van der Waals surface area (Å²) >= 11 is 0. The van der Waals surface area contributed by atoms with Crippen molar-refractivity contribution in [1.82, 2.24) is 9.97 Å². The third kappa shape index (κ3) is 7.43. The standard InChI is InChI=1S/C52H47N3O/c1-51(2,3)41-28-38(29-42(34-41)52(4,5)6)39-32-46(54-47(33-39)45-22-12-13-24-49(45)56)40-27-37(35-17-8-7-9-18-35)30-43(31-40)55(50-25-14-15-26-53-50)48-23-16-20-36-19-10-11-21-44(36)48/h7-34,56H,1-6H3. The number of rotatable bonds is 7. The molecule has 0 atom stereocenters. The number of nitrogens with zero attached hydrogens (tertiary/aromatic N) is 3. The van der Waals surface area contributed by atoms with Crippen molar-refractivity contribution in [1.29, 1.82) is 0 Å². The van der Waals surface area contributed by atoms with Gasteiger partial charge < -0.3 is 5.11 Å². The average molecular weight is 730 g/mol. The molecular weight excluding hydrogens is 683 g/mol. The molecule has 0 aliphatic carbocycles. The van der Waals surface area contributed by atoms with E-state index in [-0.39, 0.29) is 16.6 Å². The van der Waals surface area contributed by atoms with Crippen LogP contribution in [0.25, 0.3) is 55.5 Å². The molecule has 0 saturated heterocycles. The summed E-state index contributed by atoms with van der Waals surface area (Å²) in [6.45, 7) is 13.6. The van der Waals surface area contributed by atoms with E-state index in [1.165, 1.54) is 11.1 Å². The molecule has 8 aromatic rings. The fourth-order valence-corrected chi connectivity index (χ4v) is 7.30. The molecule has 276 valence electrons. The summed E-state index contributed by atoms with van der Waals surface area (Å²) in [4.78, 5) is 12.5. The number of pyridine rings is 2. The zero-order valence-electron chi connectivity index (χ0n) is 33.0. The molecule has 2 heterocycles. The lowest BCUT2D eigenvalue weighted by Gasteiger charge is -2.27. The van der Waals surface area contributed by atoms with Gasteiger partial charge in [0.1, 0.15) is 11.6 Å². The number of fused-ring (bicyclic) bond motifs is 1. The van der Waals surface area contributed by atoms with Crippen LogP contribution in [0, 0.1) is 0 Å². The maximum Gasteiger partial charge on any atom is 0.137 e. The molecule has 0 bridgehead atoms. The molecule has 2 aromatic heterocycles. The Labute approximate surface area is 330 Å². The van der Waals surface area contributed by atoms with E-state index >= 15 is 0 Å². The summed E-state index contributed by atoms with van der Waals surface area (Å²) in [5.41, 5.74) is 11.9. The summed E-state index contributed by atoms with van der Waals surface area (Å²) < 4.78 is 0. The van der Waals surface area contributed by atoms with Gasteiger partial charge in [0.05, 0.1) is 17.1 Å². The van der Waals surface area contributed by atoms with Crippen LogP contribution in [0.1, 0.15) is 52.7 Å². The molecule has 4 nitrogen and oxygen atoms in total. The van der Waals surface area contributed by atoms with Crippen LogP contribution in [-0.4, -0.2) is 15.1 Å². The zero-order chi connectivity index (χ0) is 39.0. The molecule has 0 aliphatic rings. The number of aromatic hydroxyl groups is 1. The number of anilines is 3. The van der Waals surface area contributed by atoms with Gasteiger partial charge in [-0.15, -0.1) is 0 Å². The molecule has 0 saturated carbocycles. The highest BCUT2D eigenvalue weighted by Gasteiger charge is 2.23. The van der Waals surface area contributed by atoms with Gasteiger partial charge in [-0.05, 0) is 110 Å². The van der Waals surface area contributed by atoms with Crippen molar-refractivity contribution in [2.75, 3.05) is 4.90 Å². The highest BCUT2D eigenvalue weighted by Crippen LogP contribution is 2.43. The van der Waals surface area contributed by atoms with Crippen molar-refractivity contribution in [3.8, 4) is 50.5 Å². The van der Waals surface area contributed by atoms with Crippen LogP contribution in [0.5, 0.6) is 5.75 Å². The normalized spacial score (nSPS) is 11.8. The summed E-state index contributed by atoms with van der Waals surface area (Å²) in [6.07, 6.45) is 1.84. The van der Waals surface area contributed by atoms with E-state index in [1.807, 2.05) is 42.6 Å². The Balaban J connectivity index is 1.42. The number of hydrogen-bond donors (Lipinski definition) is 1.